The summed E-state index contributed by atoms with van der Waals surface area (Å²) in [5.74, 6) is 2.09. The molecule has 2 unspecified atom stereocenters. The van der Waals surface area contributed by atoms with E-state index in [1.54, 1.807) is 7.11 Å². The van der Waals surface area contributed by atoms with Crippen molar-refractivity contribution in [3.8, 4) is 11.5 Å². The van der Waals surface area contributed by atoms with Crippen LogP contribution >= 0.6 is 23.1 Å². The van der Waals surface area contributed by atoms with Crippen LogP contribution in [0, 0.1) is 5.92 Å². The zero-order chi connectivity index (χ0) is 25.8. The van der Waals surface area contributed by atoms with Crippen molar-refractivity contribution in [3.05, 3.63) is 46.1 Å². The Labute approximate surface area is 218 Å². The number of nitrogens with one attached hydrogen (secondary N) is 1. The molecule has 2 atom stereocenters. The van der Waals surface area contributed by atoms with Gasteiger partial charge in [0.25, 0.3) is 5.91 Å². The number of primary amides is 1. The molecule has 1 aliphatic rings. The number of hydrogen-bond acceptors (Lipinski definition) is 8. The average Bonchev–Trinajstić information content (AvgIpc) is 3.43. The highest BCUT2D eigenvalue weighted by Crippen LogP contribution is 2.39. The number of nitrogens with two attached hydrogens (primary N) is 1. The first kappa shape index (κ1) is 26.0. The lowest BCUT2D eigenvalue weighted by Crippen LogP contribution is -2.20. The lowest BCUT2D eigenvalue weighted by atomic mass is 9.88. The molecular weight excluding hydrogens is 498 g/mol. The number of thiophene rings is 1. The number of carbonyl (C=O) groups is 2. The number of hydrogen-bond donors (Lipinski definition) is 2. The Kier molecular flexibility index (Phi) is 8.20. The van der Waals surface area contributed by atoms with Crippen LogP contribution in [-0.4, -0.2) is 39.4 Å². The largest absolute Gasteiger partial charge is 0.497 e. The molecule has 0 aliphatic heterocycles. The summed E-state index contributed by atoms with van der Waals surface area (Å²) in [5, 5.41) is 12.7. The van der Waals surface area contributed by atoms with Gasteiger partial charge in [0.05, 0.1) is 18.4 Å². The van der Waals surface area contributed by atoms with Gasteiger partial charge in [-0.2, -0.15) is 0 Å². The van der Waals surface area contributed by atoms with Gasteiger partial charge in [-0.15, -0.1) is 21.5 Å². The van der Waals surface area contributed by atoms with E-state index in [4.69, 9.17) is 15.2 Å². The molecule has 1 aromatic carbocycles. The smallest absolute Gasteiger partial charge is 0.251 e. The van der Waals surface area contributed by atoms with E-state index in [0.29, 0.717) is 39.8 Å². The summed E-state index contributed by atoms with van der Waals surface area (Å²) in [4.78, 5) is 26.1. The van der Waals surface area contributed by atoms with Crippen molar-refractivity contribution in [2.24, 2.45) is 11.7 Å². The van der Waals surface area contributed by atoms with Gasteiger partial charge >= 0.3 is 0 Å². The molecule has 0 spiro atoms. The van der Waals surface area contributed by atoms with Crippen LogP contribution in [0.5, 0.6) is 11.5 Å². The molecule has 3 N–H and O–H groups in total. The minimum absolute atomic E-state index is 0.128. The minimum Gasteiger partial charge on any atom is -0.497 e. The second kappa shape index (κ2) is 11.3. The quantitative estimate of drug-likeness (QED) is 0.372. The lowest BCUT2D eigenvalue weighted by Gasteiger charge is -2.18. The molecule has 0 saturated heterocycles. The van der Waals surface area contributed by atoms with Crippen LogP contribution in [0.4, 0.5) is 5.00 Å². The van der Waals surface area contributed by atoms with E-state index in [1.165, 1.54) is 23.1 Å². The van der Waals surface area contributed by atoms with Crippen LogP contribution in [0.15, 0.2) is 29.4 Å². The molecule has 2 amide bonds. The van der Waals surface area contributed by atoms with Gasteiger partial charge in [-0.3, -0.25) is 9.59 Å². The maximum Gasteiger partial charge on any atom is 0.251 e. The van der Waals surface area contributed by atoms with Crippen molar-refractivity contribution in [2.45, 2.75) is 57.8 Å². The van der Waals surface area contributed by atoms with Crippen LogP contribution in [0.25, 0.3) is 0 Å². The molecule has 9 nitrogen and oxygen atoms in total. The van der Waals surface area contributed by atoms with Gasteiger partial charge in [0.1, 0.15) is 16.5 Å². The molecule has 4 rings (SSSR count). The number of thioether (sulfide) groups is 1. The van der Waals surface area contributed by atoms with E-state index >= 15 is 0 Å². The number of benzene rings is 1. The Hall–Kier alpha value is -3.05. The highest BCUT2D eigenvalue weighted by Gasteiger charge is 2.27. The number of rotatable bonds is 10. The molecule has 192 valence electrons. The average molecular weight is 530 g/mol. The monoisotopic (exact) mass is 529 g/mol. The van der Waals surface area contributed by atoms with Gasteiger partial charge in [0.2, 0.25) is 5.91 Å². The van der Waals surface area contributed by atoms with Crippen molar-refractivity contribution in [2.75, 3.05) is 18.2 Å². The van der Waals surface area contributed by atoms with Crippen molar-refractivity contribution < 1.29 is 19.1 Å². The maximum absolute atomic E-state index is 12.8. The zero-order valence-corrected chi connectivity index (χ0v) is 22.5. The number of amides is 2. The summed E-state index contributed by atoms with van der Waals surface area (Å²) in [6.07, 6.45) is 2.40. The third-order valence-corrected chi connectivity index (χ3v) is 8.28. The number of nitrogens with zero attached hydrogens (tertiary/aromatic N) is 3. The predicted octanol–water partition coefficient (Wildman–Crippen LogP) is 4.46. The fourth-order valence-electron chi connectivity index (χ4n) is 4.31. The Balaban J connectivity index is 1.41. The zero-order valence-electron chi connectivity index (χ0n) is 20.9. The van der Waals surface area contributed by atoms with Gasteiger partial charge in [-0.05, 0) is 68.9 Å². The molecule has 0 bridgehead atoms. The minimum atomic E-state index is -0.494. The van der Waals surface area contributed by atoms with Crippen LogP contribution in [0.2, 0.25) is 0 Å². The Morgan fingerprint density at radius 3 is 2.67 bits per heavy atom. The molecule has 0 radical (unpaired) electrons. The van der Waals surface area contributed by atoms with Gasteiger partial charge in [0.15, 0.2) is 17.1 Å². The van der Waals surface area contributed by atoms with Crippen LogP contribution in [0.3, 0.4) is 0 Å². The Morgan fingerprint density at radius 1 is 1.28 bits per heavy atom. The molecule has 36 heavy (non-hydrogen) atoms. The number of ether oxygens (including phenoxy) is 2. The summed E-state index contributed by atoms with van der Waals surface area (Å²) in [6, 6.07) is 7.35. The normalized spacial score (nSPS) is 15.7. The molecule has 2 aromatic heterocycles. The number of methoxy groups -OCH3 is 1. The van der Waals surface area contributed by atoms with Crippen molar-refractivity contribution >= 4 is 39.9 Å². The molecular formula is C25H31N5O4S2. The highest BCUT2D eigenvalue weighted by atomic mass is 32.2. The standard InChI is InChI=1S/C25H31N5O4S2/c1-5-30-23(15(3)34-17-9-7-16(33-4)8-10-17)28-29-25(30)35-13-20(31)27-24-21(22(26)32)18-11-6-14(2)12-19(18)36-24/h7-10,14-15H,5-6,11-13H2,1-4H3,(H2,26,32)(H,27,31). The summed E-state index contributed by atoms with van der Waals surface area (Å²) in [7, 11) is 1.62. The fourth-order valence-corrected chi connectivity index (χ4v) is 6.55. The van der Waals surface area contributed by atoms with Gasteiger partial charge < -0.3 is 25.1 Å². The summed E-state index contributed by atoms with van der Waals surface area (Å²) < 4.78 is 13.2. The lowest BCUT2D eigenvalue weighted by molar-refractivity contribution is -0.113. The first-order valence-electron chi connectivity index (χ1n) is 11.9. The molecule has 3 aromatic rings. The fraction of sp³-hybridized carbons (Fsp3) is 0.440. The summed E-state index contributed by atoms with van der Waals surface area (Å²) in [5.41, 5.74) is 7.13. The van der Waals surface area contributed by atoms with E-state index in [1.807, 2.05) is 42.7 Å². The Morgan fingerprint density at radius 2 is 2.00 bits per heavy atom. The summed E-state index contributed by atoms with van der Waals surface area (Å²) >= 11 is 2.75. The van der Waals surface area contributed by atoms with Gasteiger partial charge in [0, 0.05) is 11.4 Å². The Bertz CT molecular complexity index is 1240. The molecule has 11 heteroatoms. The highest BCUT2D eigenvalue weighted by molar-refractivity contribution is 7.99. The maximum atomic E-state index is 12.8. The SMILES string of the molecule is CCn1c(SCC(=O)Nc2sc3c(c2C(N)=O)CCC(C)C3)nnc1C(C)Oc1ccc(OC)cc1. The number of aromatic nitrogens is 3. The van der Waals surface area contributed by atoms with Crippen molar-refractivity contribution in [1.29, 1.82) is 0 Å². The molecule has 0 fully saturated rings. The number of carbonyl (C=O) groups excluding carboxylic acids is 2. The van der Waals surface area contributed by atoms with Crippen LogP contribution in [-0.2, 0) is 24.2 Å². The third-order valence-electron chi connectivity index (χ3n) is 6.14. The van der Waals surface area contributed by atoms with Crippen LogP contribution < -0.4 is 20.5 Å². The van der Waals surface area contributed by atoms with Crippen molar-refractivity contribution in [3.63, 3.8) is 0 Å². The van der Waals surface area contributed by atoms with E-state index in [0.717, 1.165) is 35.5 Å². The topological polar surface area (TPSA) is 121 Å². The van der Waals surface area contributed by atoms with E-state index in [9.17, 15) is 9.59 Å². The van der Waals surface area contributed by atoms with Gasteiger partial charge in [-0.1, -0.05) is 18.7 Å². The molecule has 1 aliphatic carbocycles. The van der Waals surface area contributed by atoms with E-state index in [-0.39, 0.29) is 17.8 Å². The third kappa shape index (κ3) is 5.67. The first-order chi connectivity index (χ1) is 17.3. The number of fused-ring (bicyclic) bond motifs is 1. The van der Waals surface area contributed by atoms with Gasteiger partial charge in [-0.25, -0.2) is 0 Å². The van der Waals surface area contributed by atoms with Crippen molar-refractivity contribution in [1.82, 2.24) is 14.8 Å². The summed E-state index contributed by atoms with van der Waals surface area (Å²) in [6.45, 7) is 6.73. The predicted molar refractivity (Wildman–Crippen MR) is 141 cm³/mol. The second-order valence-electron chi connectivity index (χ2n) is 8.78. The second-order valence-corrected chi connectivity index (χ2v) is 10.8. The molecule has 0 saturated carbocycles. The van der Waals surface area contributed by atoms with E-state index in [2.05, 4.69) is 22.4 Å². The first-order valence-corrected chi connectivity index (χ1v) is 13.7. The molecule has 2 heterocycles. The van der Waals surface area contributed by atoms with Crippen LogP contribution in [0.1, 0.15) is 59.9 Å². The number of anilines is 1. The van der Waals surface area contributed by atoms with E-state index < -0.39 is 5.91 Å².